The number of carbonyl (C=O) groups excluding carboxylic acids is 1. The second kappa shape index (κ2) is 5.21. The van der Waals surface area contributed by atoms with Gasteiger partial charge in [0.15, 0.2) is 0 Å². The van der Waals surface area contributed by atoms with E-state index in [1.165, 1.54) is 0 Å². The molecule has 1 N–H and O–H groups in total. The molecule has 0 saturated carbocycles. The summed E-state index contributed by atoms with van der Waals surface area (Å²) < 4.78 is 5.40. The molecule has 0 saturated heterocycles. The van der Waals surface area contributed by atoms with Gasteiger partial charge in [-0.1, -0.05) is 42.5 Å². The summed E-state index contributed by atoms with van der Waals surface area (Å²) >= 11 is 0. The molecule has 3 heteroatoms. The fraction of sp³-hybridized carbons (Fsp3) is 0.118. The summed E-state index contributed by atoms with van der Waals surface area (Å²) in [6, 6.07) is 15.6. The Kier molecular flexibility index (Phi) is 3.25. The molecule has 0 aliphatic rings. The summed E-state index contributed by atoms with van der Waals surface area (Å²) in [5.41, 5.74) is 3.67. The van der Waals surface area contributed by atoms with E-state index in [0.29, 0.717) is 12.2 Å². The van der Waals surface area contributed by atoms with Crippen molar-refractivity contribution >= 4 is 16.9 Å². The molecule has 0 aliphatic carbocycles. The maximum absolute atomic E-state index is 12.2. The molecule has 0 radical (unpaired) electrons. The quantitative estimate of drug-likeness (QED) is 0.731. The lowest BCUT2D eigenvalue weighted by molar-refractivity contribution is 0.0474. The van der Waals surface area contributed by atoms with Crippen molar-refractivity contribution in [2.45, 2.75) is 13.5 Å². The van der Waals surface area contributed by atoms with Gasteiger partial charge in [0.25, 0.3) is 0 Å². The van der Waals surface area contributed by atoms with E-state index in [0.717, 1.165) is 22.0 Å². The lowest BCUT2D eigenvalue weighted by atomic mass is 10.1. The van der Waals surface area contributed by atoms with Crippen LogP contribution in [0.15, 0.2) is 54.7 Å². The summed E-state index contributed by atoms with van der Waals surface area (Å²) in [6.07, 6.45) is 1.70. The molecule has 0 unspecified atom stereocenters. The van der Waals surface area contributed by atoms with Crippen LogP contribution in [0.4, 0.5) is 0 Å². The van der Waals surface area contributed by atoms with Crippen molar-refractivity contribution in [1.29, 1.82) is 0 Å². The van der Waals surface area contributed by atoms with Gasteiger partial charge in [0.2, 0.25) is 0 Å². The molecule has 0 bridgehead atoms. The summed E-state index contributed by atoms with van der Waals surface area (Å²) in [7, 11) is 0. The van der Waals surface area contributed by atoms with Crippen molar-refractivity contribution in [1.82, 2.24) is 4.98 Å². The molecule has 20 heavy (non-hydrogen) atoms. The highest BCUT2D eigenvalue weighted by molar-refractivity contribution is 6.03. The third-order valence-electron chi connectivity index (χ3n) is 3.43. The maximum Gasteiger partial charge on any atom is 0.340 e. The van der Waals surface area contributed by atoms with E-state index in [9.17, 15) is 4.79 Å². The van der Waals surface area contributed by atoms with E-state index in [-0.39, 0.29) is 5.97 Å². The number of hydrogen-bond donors (Lipinski definition) is 1. The minimum atomic E-state index is -0.300. The van der Waals surface area contributed by atoms with Crippen LogP contribution in [0.3, 0.4) is 0 Å². The highest BCUT2D eigenvalue weighted by Crippen LogP contribution is 2.19. The predicted molar refractivity (Wildman–Crippen MR) is 78.6 cm³/mol. The number of benzene rings is 2. The van der Waals surface area contributed by atoms with E-state index in [2.05, 4.69) is 4.98 Å². The SMILES string of the molecule is Cc1ccccc1COC(=O)c1c[nH]c2ccccc12. The molecule has 3 nitrogen and oxygen atoms in total. The number of fused-ring (bicyclic) bond motifs is 1. The number of esters is 1. The van der Waals surface area contributed by atoms with Crippen LogP contribution in [-0.2, 0) is 11.3 Å². The van der Waals surface area contributed by atoms with Gasteiger partial charge in [-0.2, -0.15) is 0 Å². The van der Waals surface area contributed by atoms with Crippen molar-refractivity contribution in [2.24, 2.45) is 0 Å². The van der Waals surface area contributed by atoms with Crippen molar-refractivity contribution in [3.63, 3.8) is 0 Å². The zero-order chi connectivity index (χ0) is 13.9. The fourth-order valence-corrected chi connectivity index (χ4v) is 2.23. The monoisotopic (exact) mass is 265 g/mol. The Morgan fingerprint density at radius 1 is 1.10 bits per heavy atom. The number of aromatic amines is 1. The van der Waals surface area contributed by atoms with Gasteiger partial charge in [-0.3, -0.25) is 0 Å². The van der Waals surface area contributed by atoms with Crippen LogP contribution in [0.2, 0.25) is 0 Å². The molecule has 0 amide bonds. The number of carbonyl (C=O) groups is 1. The number of rotatable bonds is 3. The Morgan fingerprint density at radius 3 is 2.70 bits per heavy atom. The normalized spacial score (nSPS) is 10.7. The Bertz CT molecular complexity index is 758. The zero-order valence-corrected chi connectivity index (χ0v) is 11.2. The molecule has 3 rings (SSSR count). The number of para-hydroxylation sites is 1. The summed E-state index contributed by atoms with van der Waals surface area (Å²) in [4.78, 5) is 15.2. The average molecular weight is 265 g/mol. The highest BCUT2D eigenvalue weighted by Gasteiger charge is 2.13. The number of hydrogen-bond acceptors (Lipinski definition) is 2. The highest BCUT2D eigenvalue weighted by atomic mass is 16.5. The van der Waals surface area contributed by atoms with Crippen LogP contribution >= 0.6 is 0 Å². The molecule has 1 aromatic heterocycles. The predicted octanol–water partition coefficient (Wildman–Crippen LogP) is 3.83. The van der Waals surface area contributed by atoms with Gasteiger partial charge in [0, 0.05) is 17.1 Å². The lowest BCUT2D eigenvalue weighted by Gasteiger charge is -2.06. The van der Waals surface area contributed by atoms with Crippen LogP contribution in [0.1, 0.15) is 21.5 Å². The van der Waals surface area contributed by atoms with Gasteiger partial charge in [0.05, 0.1) is 5.56 Å². The molecule has 100 valence electrons. The number of nitrogens with one attached hydrogen (secondary N) is 1. The van der Waals surface area contributed by atoms with Gasteiger partial charge < -0.3 is 9.72 Å². The summed E-state index contributed by atoms with van der Waals surface area (Å²) in [5.74, 6) is -0.300. The molecule has 3 aromatic rings. The van der Waals surface area contributed by atoms with Crippen LogP contribution in [0.25, 0.3) is 10.9 Å². The standard InChI is InChI=1S/C17H15NO2/c1-12-6-2-3-7-13(12)11-20-17(19)15-10-18-16-9-5-4-8-14(15)16/h2-10,18H,11H2,1H3. The first-order chi connectivity index (χ1) is 9.75. The van der Waals surface area contributed by atoms with Crippen molar-refractivity contribution in [2.75, 3.05) is 0 Å². The van der Waals surface area contributed by atoms with Crippen LogP contribution in [0, 0.1) is 6.92 Å². The average Bonchev–Trinajstić information content (AvgIpc) is 2.90. The fourth-order valence-electron chi connectivity index (χ4n) is 2.23. The molecular weight excluding hydrogens is 250 g/mol. The van der Waals surface area contributed by atoms with E-state index in [4.69, 9.17) is 4.74 Å². The molecular formula is C17H15NO2. The van der Waals surface area contributed by atoms with Gasteiger partial charge in [-0.05, 0) is 24.1 Å². The third-order valence-corrected chi connectivity index (χ3v) is 3.43. The molecule has 1 heterocycles. The topological polar surface area (TPSA) is 42.1 Å². The van der Waals surface area contributed by atoms with Crippen molar-refractivity contribution < 1.29 is 9.53 Å². The largest absolute Gasteiger partial charge is 0.457 e. The second-order valence-electron chi connectivity index (χ2n) is 4.75. The first kappa shape index (κ1) is 12.5. The van der Waals surface area contributed by atoms with Gasteiger partial charge in [-0.25, -0.2) is 4.79 Å². The first-order valence-corrected chi connectivity index (χ1v) is 6.53. The Morgan fingerprint density at radius 2 is 1.85 bits per heavy atom. The number of ether oxygens (including phenoxy) is 1. The smallest absolute Gasteiger partial charge is 0.340 e. The summed E-state index contributed by atoms with van der Waals surface area (Å²) in [6.45, 7) is 2.31. The first-order valence-electron chi connectivity index (χ1n) is 6.53. The molecule has 0 aliphatic heterocycles. The second-order valence-corrected chi connectivity index (χ2v) is 4.75. The van der Waals surface area contributed by atoms with Gasteiger partial charge in [0.1, 0.15) is 6.61 Å². The minimum absolute atomic E-state index is 0.297. The zero-order valence-electron chi connectivity index (χ0n) is 11.2. The maximum atomic E-state index is 12.2. The van der Waals surface area contributed by atoms with Gasteiger partial charge >= 0.3 is 5.97 Å². The van der Waals surface area contributed by atoms with Crippen LogP contribution < -0.4 is 0 Å². The van der Waals surface area contributed by atoms with E-state index < -0.39 is 0 Å². The number of aryl methyl sites for hydroxylation is 1. The van der Waals surface area contributed by atoms with E-state index in [1.807, 2.05) is 55.5 Å². The Labute approximate surface area is 117 Å². The summed E-state index contributed by atoms with van der Waals surface area (Å²) in [5, 5.41) is 0.891. The van der Waals surface area contributed by atoms with Crippen LogP contribution in [0.5, 0.6) is 0 Å². The van der Waals surface area contributed by atoms with Crippen molar-refractivity contribution in [3.8, 4) is 0 Å². The number of H-pyrrole nitrogens is 1. The van der Waals surface area contributed by atoms with Crippen molar-refractivity contribution in [3.05, 3.63) is 71.4 Å². The minimum Gasteiger partial charge on any atom is -0.457 e. The molecule has 0 atom stereocenters. The van der Waals surface area contributed by atoms with E-state index >= 15 is 0 Å². The van der Waals surface area contributed by atoms with Gasteiger partial charge in [-0.15, -0.1) is 0 Å². The third kappa shape index (κ3) is 2.30. The molecule has 2 aromatic carbocycles. The number of aromatic nitrogens is 1. The lowest BCUT2D eigenvalue weighted by Crippen LogP contribution is -2.05. The van der Waals surface area contributed by atoms with Crippen LogP contribution in [-0.4, -0.2) is 11.0 Å². The Balaban J connectivity index is 1.79. The molecule has 0 spiro atoms. The van der Waals surface area contributed by atoms with E-state index in [1.54, 1.807) is 6.20 Å². The molecule has 0 fully saturated rings. The Hall–Kier alpha value is -2.55.